The van der Waals surface area contributed by atoms with Gasteiger partial charge in [0, 0.05) is 5.56 Å². The van der Waals surface area contributed by atoms with E-state index in [0.29, 0.717) is 11.3 Å². The lowest BCUT2D eigenvalue weighted by molar-refractivity contribution is 0.101. The zero-order chi connectivity index (χ0) is 18.8. The van der Waals surface area contributed by atoms with Crippen LogP contribution < -0.4 is 8.92 Å². The van der Waals surface area contributed by atoms with E-state index in [1.165, 1.54) is 32.2 Å². The Hall–Kier alpha value is -2.34. The van der Waals surface area contributed by atoms with Crippen LogP contribution in [0.15, 0.2) is 41.3 Å². The Kier molecular flexibility index (Phi) is 5.52. The maximum absolute atomic E-state index is 12.6. The highest BCUT2D eigenvalue weighted by Crippen LogP contribution is 2.35. The van der Waals surface area contributed by atoms with Crippen molar-refractivity contribution in [2.45, 2.75) is 38.5 Å². The number of carbonyl (C=O) groups excluding carboxylic acids is 1. The van der Waals surface area contributed by atoms with Crippen molar-refractivity contribution in [3.8, 4) is 11.5 Å². The van der Waals surface area contributed by atoms with Gasteiger partial charge in [-0.05, 0) is 44.0 Å². The minimum absolute atomic E-state index is 0.0156. The molecule has 0 N–H and O–H groups in total. The molecule has 2 aromatic carbocycles. The molecule has 0 heterocycles. The predicted molar refractivity (Wildman–Crippen MR) is 96.1 cm³/mol. The van der Waals surface area contributed by atoms with Crippen molar-refractivity contribution in [2.75, 3.05) is 7.11 Å². The first-order valence-corrected chi connectivity index (χ1v) is 9.30. The number of aryl methyl sites for hydroxylation is 1. The fraction of sp³-hybridized carbons (Fsp3) is 0.316. The molecular weight excluding hydrogens is 340 g/mol. The Balaban J connectivity index is 2.55. The molecule has 2 rings (SSSR count). The van der Waals surface area contributed by atoms with Crippen molar-refractivity contribution in [1.29, 1.82) is 0 Å². The van der Waals surface area contributed by atoms with Crippen LogP contribution in [0.5, 0.6) is 11.5 Å². The molecule has 25 heavy (non-hydrogen) atoms. The van der Waals surface area contributed by atoms with Gasteiger partial charge in [0.2, 0.25) is 0 Å². The van der Waals surface area contributed by atoms with Gasteiger partial charge in [-0.3, -0.25) is 4.79 Å². The summed E-state index contributed by atoms with van der Waals surface area (Å²) < 4.78 is 35.8. The number of rotatable bonds is 6. The lowest BCUT2D eigenvalue weighted by atomic mass is 9.98. The number of ketones is 1. The Morgan fingerprint density at radius 1 is 1.04 bits per heavy atom. The second-order valence-electron chi connectivity index (χ2n) is 6.15. The fourth-order valence-electron chi connectivity index (χ4n) is 2.41. The van der Waals surface area contributed by atoms with Gasteiger partial charge in [-0.25, -0.2) is 0 Å². The maximum atomic E-state index is 12.6. The van der Waals surface area contributed by atoms with Gasteiger partial charge < -0.3 is 8.92 Å². The van der Waals surface area contributed by atoms with Gasteiger partial charge in [0.15, 0.2) is 5.78 Å². The van der Waals surface area contributed by atoms with Gasteiger partial charge >= 0.3 is 10.1 Å². The largest absolute Gasteiger partial charge is 0.496 e. The summed E-state index contributed by atoms with van der Waals surface area (Å²) >= 11 is 0. The van der Waals surface area contributed by atoms with Gasteiger partial charge in [0.1, 0.15) is 16.4 Å². The predicted octanol–water partition coefficient (Wildman–Crippen LogP) is 4.10. The third-order valence-corrected chi connectivity index (χ3v) is 5.09. The molecule has 134 valence electrons. The molecule has 6 heteroatoms. The first-order chi connectivity index (χ1) is 11.7. The standard InChI is InChI=1S/C19H22O5S/c1-12(2)16-10-18(23-5)17(14(4)20)11-19(16)24-25(21,22)15-8-6-13(3)7-9-15/h6-12H,1-5H3. The minimum atomic E-state index is -4.00. The molecule has 0 aliphatic heterocycles. The van der Waals surface area contributed by atoms with Gasteiger partial charge in [0.25, 0.3) is 0 Å². The van der Waals surface area contributed by atoms with Crippen LogP contribution >= 0.6 is 0 Å². The molecular formula is C19H22O5S. The normalized spacial score (nSPS) is 11.4. The number of carbonyl (C=O) groups is 1. The van der Waals surface area contributed by atoms with E-state index in [1.807, 2.05) is 20.8 Å². The van der Waals surface area contributed by atoms with Crippen LogP contribution in [0.3, 0.4) is 0 Å². The summed E-state index contributed by atoms with van der Waals surface area (Å²) in [5.74, 6) is 0.292. The van der Waals surface area contributed by atoms with Gasteiger partial charge in [0.05, 0.1) is 12.7 Å². The van der Waals surface area contributed by atoms with Crippen molar-refractivity contribution in [3.63, 3.8) is 0 Å². The molecule has 0 fully saturated rings. The molecule has 0 aromatic heterocycles. The second-order valence-corrected chi connectivity index (χ2v) is 7.70. The molecule has 5 nitrogen and oxygen atoms in total. The molecule has 0 amide bonds. The van der Waals surface area contributed by atoms with Crippen LogP contribution in [0.25, 0.3) is 0 Å². The highest BCUT2D eigenvalue weighted by atomic mass is 32.2. The lowest BCUT2D eigenvalue weighted by Gasteiger charge is -2.17. The summed E-state index contributed by atoms with van der Waals surface area (Å²) in [6.07, 6.45) is 0. The minimum Gasteiger partial charge on any atom is -0.496 e. The van der Waals surface area contributed by atoms with E-state index in [2.05, 4.69) is 0 Å². The Labute approximate surface area is 148 Å². The van der Waals surface area contributed by atoms with Crippen molar-refractivity contribution < 1.29 is 22.1 Å². The Morgan fingerprint density at radius 3 is 2.12 bits per heavy atom. The molecule has 0 saturated heterocycles. The van der Waals surface area contributed by atoms with Crippen molar-refractivity contribution in [1.82, 2.24) is 0 Å². The zero-order valence-corrected chi connectivity index (χ0v) is 15.8. The van der Waals surface area contributed by atoms with Crippen LogP contribution in [-0.4, -0.2) is 21.3 Å². The zero-order valence-electron chi connectivity index (χ0n) is 15.0. The Bertz CT molecular complexity index is 881. The lowest BCUT2D eigenvalue weighted by Crippen LogP contribution is -2.12. The molecule has 0 unspecified atom stereocenters. The van der Waals surface area contributed by atoms with Crippen molar-refractivity contribution in [2.24, 2.45) is 0 Å². The second kappa shape index (κ2) is 7.27. The maximum Gasteiger partial charge on any atom is 0.339 e. The summed E-state index contributed by atoms with van der Waals surface area (Å²) in [5, 5.41) is 0. The number of hydrogen-bond acceptors (Lipinski definition) is 5. The van der Waals surface area contributed by atoms with Gasteiger partial charge in [-0.15, -0.1) is 0 Å². The van der Waals surface area contributed by atoms with Crippen LogP contribution in [0, 0.1) is 6.92 Å². The summed E-state index contributed by atoms with van der Waals surface area (Å²) in [6.45, 7) is 7.09. The van der Waals surface area contributed by atoms with E-state index in [9.17, 15) is 13.2 Å². The molecule has 0 spiro atoms. The molecule has 0 bridgehead atoms. The van der Waals surface area contributed by atoms with E-state index in [4.69, 9.17) is 8.92 Å². The topological polar surface area (TPSA) is 69.7 Å². The first kappa shape index (κ1) is 19.0. The molecule has 0 aliphatic rings. The van der Waals surface area contributed by atoms with Crippen molar-refractivity contribution in [3.05, 3.63) is 53.1 Å². The summed E-state index contributed by atoms with van der Waals surface area (Å²) in [4.78, 5) is 11.9. The van der Waals surface area contributed by atoms with Gasteiger partial charge in [-0.1, -0.05) is 31.5 Å². The van der Waals surface area contributed by atoms with E-state index in [0.717, 1.165) is 5.56 Å². The third-order valence-electron chi connectivity index (χ3n) is 3.84. The number of Topliss-reactive ketones (excluding diaryl/α,β-unsaturated/α-hetero) is 1. The van der Waals surface area contributed by atoms with E-state index < -0.39 is 10.1 Å². The molecule has 0 saturated carbocycles. The summed E-state index contributed by atoms with van der Waals surface area (Å²) in [7, 11) is -2.53. The van der Waals surface area contributed by atoms with Crippen molar-refractivity contribution >= 4 is 15.9 Å². The summed E-state index contributed by atoms with van der Waals surface area (Å²) in [6, 6.07) is 9.48. The SMILES string of the molecule is COc1cc(C(C)C)c(OS(=O)(=O)c2ccc(C)cc2)cc1C(C)=O. The van der Waals surface area contributed by atoms with Crippen LogP contribution in [0.1, 0.15) is 48.2 Å². The fourth-order valence-corrected chi connectivity index (χ4v) is 3.36. The highest BCUT2D eigenvalue weighted by Gasteiger charge is 2.22. The average molecular weight is 362 g/mol. The van der Waals surface area contributed by atoms with Crippen LogP contribution in [-0.2, 0) is 10.1 Å². The summed E-state index contributed by atoms with van der Waals surface area (Å²) in [5.41, 5.74) is 1.88. The highest BCUT2D eigenvalue weighted by molar-refractivity contribution is 7.87. The van der Waals surface area contributed by atoms with E-state index in [-0.39, 0.29) is 27.9 Å². The van der Waals surface area contributed by atoms with E-state index >= 15 is 0 Å². The Morgan fingerprint density at radius 2 is 1.64 bits per heavy atom. The first-order valence-electron chi connectivity index (χ1n) is 7.89. The molecule has 0 atom stereocenters. The quantitative estimate of drug-likeness (QED) is 0.572. The smallest absolute Gasteiger partial charge is 0.339 e. The number of ether oxygens (including phenoxy) is 1. The number of hydrogen-bond donors (Lipinski definition) is 0. The van der Waals surface area contributed by atoms with Crippen LogP contribution in [0.2, 0.25) is 0 Å². The third kappa shape index (κ3) is 4.20. The number of methoxy groups -OCH3 is 1. The molecule has 0 aliphatic carbocycles. The average Bonchev–Trinajstić information content (AvgIpc) is 2.54. The van der Waals surface area contributed by atoms with Crippen LogP contribution in [0.4, 0.5) is 0 Å². The molecule has 2 aromatic rings. The van der Waals surface area contributed by atoms with E-state index in [1.54, 1.807) is 18.2 Å². The number of benzene rings is 2. The van der Waals surface area contributed by atoms with Gasteiger partial charge in [-0.2, -0.15) is 8.42 Å². The molecule has 0 radical (unpaired) electrons. The monoisotopic (exact) mass is 362 g/mol.